The minimum atomic E-state index is 0.327. The highest BCUT2D eigenvalue weighted by Crippen LogP contribution is 2.24. The lowest BCUT2D eigenvalue weighted by Crippen LogP contribution is -1.96. The van der Waals surface area contributed by atoms with E-state index in [1.54, 1.807) is 12.3 Å². The molecule has 0 spiro atoms. The normalized spacial score (nSPS) is 10.5. The molecule has 78 valence electrons. The van der Waals surface area contributed by atoms with Gasteiger partial charge in [-0.1, -0.05) is 0 Å². The molecule has 3 heteroatoms. The van der Waals surface area contributed by atoms with Gasteiger partial charge in [-0.3, -0.25) is 0 Å². The van der Waals surface area contributed by atoms with Crippen LogP contribution in [0.4, 0.5) is 0 Å². The van der Waals surface area contributed by atoms with E-state index in [1.165, 1.54) is 0 Å². The molecule has 0 atom stereocenters. The number of hydrogen-bond acceptors (Lipinski definition) is 2. The van der Waals surface area contributed by atoms with Crippen molar-refractivity contribution in [2.75, 3.05) is 0 Å². The van der Waals surface area contributed by atoms with E-state index in [0.29, 0.717) is 5.75 Å². The highest BCUT2D eigenvalue weighted by atomic mass is 16.3. The Bertz CT molecular complexity index is 474. The first-order valence-corrected chi connectivity index (χ1v) is 5.03. The molecule has 2 rings (SSSR count). The van der Waals surface area contributed by atoms with Crippen LogP contribution in [0.15, 0.2) is 30.6 Å². The second kappa shape index (κ2) is 3.77. The van der Waals surface area contributed by atoms with E-state index in [9.17, 15) is 5.11 Å². The number of phenolic OH excluding ortho intramolecular Hbond substituents is 1. The summed E-state index contributed by atoms with van der Waals surface area (Å²) < 4.78 is 2.08. The van der Waals surface area contributed by atoms with Gasteiger partial charge in [-0.15, -0.1) is 0 Å². The summed E-state index contributed by atoms with van der Waals surface area (Å²) in [4.78, 5) is 4.31. The SMILES string of the molecule is CCn1ccnc1-c1ccc(O)c(C)c1. The Labute approximate surface area is 89.0 Å². The number of benzene rings is 1. The minimum absolute atomic E-state index is 0.327. The summed E-state index contributed by atoms with van der Waals surface area (Å²) in [6, 6.07) is 5.54. The third kappa shape index (κ3) is 1.73. The van der Waals surface area contributed by atoms with Gasteiger partial charge in [0, 0.05) is 24.5 Å². The van der Waals surface area contributed by atoms with Gasteiger partial charge < -0.3 is 9.67 Å². The molecule has 0 saturated carbocycles. The minimum Gasteiger partial charge on any atom is -0.508 e. The Hall–Kier alpha value is -1.77. The third-order valence-electron chi connectivity index (χ3n) is 2.51. The van der Waals surface area contributed by atoms with Crippen LogP contribution in [0.25, 0.3) is 11.4 Å². The van der Waals surface area contributed by atoms with E-state index in [4.69, 9.17) is 0 Å². The van der Waals surface area contributed by atoms with Crippen molar-refractivity contribution in [3.05, 3.63) is 36.2 Å². The van der Waals surface area contributed by atoms with Gasteiger partial charge in [-0.05, 0) is 37.6 Å². The molecule has 0 aliphatic carbocycles. The Morgan fingerprint density at radius 2 is 2.20 bits per heavy atom. The molecule has 15 heavy (non-hydrogen) atoms. The standard InChI is InChI=1S/C12H14N2O/c1-3-14-7-6-13-12(14)10-4-5-11(15)9(2)8-10/h4-8,15H,3H2,1-2H3. The van der Waals surface area contributed by atoms with E-state index in [0.717, 1.165) is 23.5 Å². The molecular weight excluding hydrogens is 188 g/mol. The molecule has 1 heterocycles. The van der Waals surface area contributed by atoms with Crippen molar-refractivity contribution >= 4 is 0 Å². The summed E-state index contributed by atoms with van der Waals surface area (Å²) in [5.74, 6) is 1.27. The molecule has 0 unspecified atom stereocenters. The van der Waals surface area contributed by atoms with Crippen molar-refractivity contribution in [1.82, 2.24) is 9.55 Å². The first-order valence-electron chi connectivity index (χ1n) is 5.03. The highest BCUT2D eigenvalue weighted by Gasteiger charge is 2.05. The van der Waals surface area contributed by atoms with Crippen molar-refractivity contribution in [3.8, 4) is 17.1 Å². The van der Waals surface area contributed by atoms with Crippen LogP contribution in [0.2, 0.25) is 0 Å². The van der Waals surface area contributed by atoms with Gasteiger partial charge in [0.2, 0.25) is 0 Å². The number of aromatic hydroxyl groups is 1. The van der Waals surface area contributed by atoms with Crippen LogP contribution in [-0.4, -0.2) is 14.7 Å². The smallest absolute Gasteiger partial charge is 0.139 e. The number of phenols is 1. The number of nitrogens with zero attached hydrogens (tertiary/aromatic N) is 2. The fraction of sp³-hybridized carbons (Fsp3) is 0.250. The maximum Gasteiger partial charge on any atom is 0.139 e. The average molecular weight is 202 g/mol. The van der Waals surface area contributed by atoms with Crippen LogP contribution in [0, 0.1) is 6.92 Å². The molecule has 0 aliphatic rings. The Morgan fingerprint density at radius 1 is 1.40 bits per heavy atom. The van der Waals surface area contributed by atoms with Gasteiger partial charge >= 0.3 is 0 Å². The molecule has 2 aromatic rings. The molecular formula is C12H14N2O. The Balaban J connectivity index is 2.50. The summed E-state index contributed by atoms with van der Waals surface area (Å²) in [6.07, 6.45) is 3.75. The van der Waals surface area contributed by atoms with Gasteiger partial charge in [0.05, 0.1) is 0 Å². The average Bonchev–Trinajstić information content (AvgIpc) is 2.70. The molecule has 0 saturated heterocycles. The zero-order valence-corrected chi connectivity index (χ0v) is 8.94. The van der Waals surface area contributed by atoms with Crippen molar-refractivity contribution < 1.29 is 5.11 Å². The summed E-state index contributed by atoms with van der Waals surface area (Å²) in [6.45, 7) is 4.87. The molecule has 1 aromatic heterocycles. The van der Waals surface area contributed by atoms with Crippen LogP contribution in [0.5, 0.6) is 5.75 Å². The third-order valence-corrected chi connectivity index (χ3v) is 2.51. The van der Waals surface area contributed by atoms with Gasteiger partial charge in [0.1, 0.15) is 11.6 Å². The first-order chi connectivity index (χ1) is 7.22. The maximum absolute atomic E-state index is 9.44. The van der Waals surface area contributed by atoms with Crippen molar-refractivity contribution in [1.29, 1.82) is 0 Å². The topological polar surface area (TPSA) is 38.0 Å². The Morgan fingerprint density at radius 3 is 2.87 bits per heavy atom. The second-order valence-corrected chi connectivity index (χ2v) is 3.54. The summed E-state index contributed by atoms with van der Waals surface area (Å²) in [7, 11) is 0. The van der Waals surface area contributed by atoms with E-state index in [1.807, 2.05) is 25.3 Å². The summed E-state index contributed by atoms with van der Waals surface area (Å²) in [5, 5.41) is 9.44. The van der Waals surface area contributed by atoms with E-state index in [2.05, 4.69) is 16.5 Å². The quantitative estimate of drug-likeness (QED) is 0.812. The van der Waals surface area contributed by atoms with Gasteiger partial charge in [-0.25, -0.2) is 4.98 Å². The zero-order valence-electron chi connectivity index (χ0n) is 8.94. The molecule has 0 amide bonds. The first kappa shape index (κ1) is 9.77. The molecule has 0 aliphatic heterocycles. The lowest BCUT2D eigenvalue weighted by atomic mass is 10.1. The fourth-order valence-corrected chi connectivity index (χ4v) is 1.62. The fourth-order valence-electron chi connectivity index (χ4n) is 1.62. The number of imidazole rings is 1. The molecule has 0 bridgehead atoms. The van der Waals surface area contributed by atoms with Crippen molar-refractivity contribution in [2.24, 2.45) is 0 Å². The van der Waals surface area contributed by atoms with Gasteiger partial charge in [-0.2, -0.15) is 0 Å². The zero-order chi connectivity index (χ0) is 10.8. The number of aryl methyl sites for hydroxylation is 2. The lowest BCUT2D eigenvalue weighted by molar-refractivity contribution is 0.471. The van der Waals surface area contributed by atoms with Crippen LogP contribution >= 0.6 is 0 Å². The van der Waals surface area contributed by atoms with Gasteiger partial charge in [0.25, 0.3) is 0 Å². The summed E-state index contributed by atoms with van der Waals surface area (Å²) in [5.41, 5.74) is 1.91. The number of rotatable bonds is 2. The maximum atomic E-state index is 9.44. The predicted octanol–water partition coefficient (Wildman–Crippen LogP) is 2.58. The Kier molecular flexibility index (Phi) is 2.46. The molecule has 3 nitrogen and oxygen atoms in total. The second-order valence-electron chi connectivity index (χ2n) is 3.54. The number of aromatic nitrogens is 2. The molecule has 0 radical (unpaired) electrons. The lowest BCUT2D eigenvalue weighted by Gasteiger charge is -2.06. The van der Waals surface area contributed by atoms with Crippen molar-refractivity contribution in [3.63, 3.8) is 0 Å². The van der Waals surface area contributed by atoms with Crippen LogP contribution in [0.1, 0.15) is 12.5 Å². The monoisotopic (exact) mass is 202 g/mol. The van der Waals surface area contributed by atoms with Crippen LogP contribution < -0.4 is 0 Å². The summed E-state index contributed by atoms with van der Waals surface area (Å²) >= 11 is 0. The van der Waals surface area contributed by atoms with Crippen LogP contribution in [-0.2, 0) is 6.54 Å². The van der Waals surface area contributed by atoms with Crippen molar-refractivity contribution in [2.45, 2.75) is 20.4 Å². The van der Waals surface area contributed by atoms with E-state index in [-0.39, 0.29) is 0 Å². The molecule has 1 aromatic carbocycles. The van der Waals surface area contributed by atoms with E-state index < -0.39 is 0 Å². The number of hydrogen-bond donors (Lipinski definition) is 1. The predicted molar refractivity (Wildman–Crippen MR) is 59.7 cm³/mol. The highest BCUT2D eigenvalue weighted by molar-refractivity contribution is 5.58. The molecule has 0 fully saturated rings. The largest absolute Gasteiger partial charge is 0.508 e. The van der Waals surface area contributed by atoms with Gasteiger partial charge in [0.15, 0.2) is 0 Å². The van der Waals surface area contributed by atoms with E-state index >= 15 is 0 Å². The van der Waals surface area contributed by atoms with Crippen LogP contribution in [0.3, 0.4) is 0 Å². The molecule has 1 N–H and O–H groups in total.